The third-order valence-corrected chi connectivity index (χ3v) is 3.98. The Kier molecular flexibility index (Phi) is 6.84. The Morgan fingerprint density at radius 1 is 1.21 bits per heavy atom. The van der Waals surface area contributed by atoms with Crippen LogP contribution in [0.2, 0.25) is 0 Å². The molecule has 3 N–H and O–H groups in total. The zero-order valence-electron chi connectivity index (χ0n) is 15.8. The summed E-state index contributed by atoms with van der Waals surface area (Å²) in [6.07, 6.45) is 0.211. The Balaban J connectivity index is 1.92. The molecule has 2 rings (SSSR count). The van der Waals surface area contributed by atoms with Crippen molar-refractivity contribution >= 4 is 23.2 Å². The van der Waals surface area contributed by atoms with Gasteiger partial charge in [0.2, 0.25) is 5.82 Å². The molecule has 1 atom stereocenters. The summed E-state index contributed by atoms with van der Waals surface area (Å²) in [7, 11) is 1.54. The van der Waals surface area contributed by atoms with Gasteiger partial charge in [0.05, 0.1) is 17.6 Å². The lowest BCUT2D eigenvalue weighted by molar-refractivity contribution is -0.387. The van der Waals surface area contributed by atoms with Crippen LogP contribution in [0.4, 0.5) is 15.8 Å². The number of hydrogen-bond donors (Lipinski definition) is 3. The zero-order chi connectivity index (χ0) is 21.6. The first-order valence-electron chi connectivity index (χ1n) is 8.50. The van der Waals surface area contributed by atoms with E-state index in [9.17, 15) is 29.2 Å². The van der Waals surface area contributed by atoms with E-state index in [1.165, 1.54) is 14.0 Å². The lowest BCUT2D eigenvalue weighted by atomic mass is 9.96. The van der Waals surface area contributed by atoms with Crippen molar-refractivity contribution in [2.24, 2.45) is 0 Å². The molecule has 2 aromatic carbocycles. The summed E-state index contributed by atoms with van der Waals surface area (Å²) in [6, 6.07) is 9.71. The number of carbonyl (C=O) groups excluding carboxylic acids is 2. The fourth-order valence-electron chi connectivity index (χ4n) is 2.51. The number of amides is 2. The fraction of sp³-hybridized carbons (Fsp3) is 0.263. The molecule has 0 fully saturated rings. The highest BCUT2D eigenvalue weighted by Crippen LogP contribution is 2.21. The summed E-state index contributed by atoms with van der Waals surface area (Å²) < 4.78 is 18.4. The number of benzene rings is 2. The minimum atomic E-state index is -1.33. The molecule has 0 heterocycles. The first-order chi connectivity index (χ1) is 13.6. The van der Waals surface area contributed by atoms with Crippen molar-refractivity contribution < 1.29 is 28.7 Å². The number of nitro benzene ring substituents is 1. The Hall–Kier alpha value is -3.53. The van der Waals surface area contributed by atoms with Crippen LogP contribution in [0.5, 0.6) is 5.75 Å². The topological polar surface area (TPSA) is 131 Å². The lowest BCUT2D eigenvalue weighted by Crippen LogP contribution is -2.45. The van der Waals surface area contributed by atoms with Crippen molar-refractivity contribution in [3.05, 3.63) is 64.0 Å². The zero-order valence-corrected chi connectivity index (χ0v) is 15.8. The van der Waals surface area contributed by atoms with Crippen LogP contribution in [0.1, 0.15) is 12.5 Å². The smallest absolute Gasteiger partial charge is 0.313 e. The van der Waals surface area contributed by atoms with E-state index in [2.05, 4.69) is 10.6 Å². The predicted molar refractivity (Wildman–Crippen MR) is 102 cm³/mol. The molecule has 9 nitrogen and oxygen atoms in total. The van der Waals surface area contributed by atoms with Gasteiger partial charge in [-0.05, 0) is 36.8 Å². The van der Waals surface area contributed by atoms with Crippen LogP contribution in [0.25, 0.3) is 0 Å². The summed E-state index contributed by atoms with van der Waals surface area (Å²) >= 11 is 0. The maximum absolute atomic E-state index is 13.3. The molecule has 29 heavy (non-hydrogen) atoms. The molecule has 0 spiro atoms. The SMILES string of the molecule is COc1ccc(CC(C)(O)CNC(=O)C(=O)Nc2ccc(F)c([N+](=O)[O-])c2)cc1. The number of carbonyl (C=O) groups is 2. The van der Waals surface area contributed by atoms with Crippen LogP contribution in [0, 0.1) is 15.9 Å². The number of aliphatic hydroxyl groups is 1. The van der Waals surface area contributed by atoms with E-state index in [0.29, 0.717) is 5.75 Å². The van der Waals surface area contributed by atoms with Crippen LogP contribution < -0.4 is 15.4 Å². The average molecular weight is 405 g/mol. The van der Waals surface area contributed by atoms with Crippen LogP contribution in [0.3, 0.4) is 0 Å². The van der Waals surface area contributed by atoms with Crippen molar-refractivity contribution in [1.29, 1.82) is 0 Å². The maximum Gasteiger partial charge on any atom is 0.313 e. The highest BCUT2D eigenvalue weighted by Gasteiger charge is 2.24. The first-order valence-corrected chi connectivity index (χ1v) is 8.50. The molecule has 0 radical (unpaired) electrons. The molecule has 0 aliphatic heterocycles. The highest BCUT2D eigenvalue weighted by molar-refractivity contribution is 6.39. The largest absolute Gasteiger partial charge is 0.497 e. The molecule has 10 heteroatoms. The van der Waals surface area contributed by atoms with Gasteiger partial charge in [-0.15, -0.1) is 0 Å². The number of ether oxygens (including phenoxy) is 1. The van der Waals surface area contributed by atoms with Gasteiger partial charge in [0.1, 0.15) is 5.75 Å². The summed E-state index contributed by atoms with van der Waals surface area (Å²) in [5.74, 6) is -2.55. The van der Waals surface area contributed by atoms with E-state index in [1.54, 1.807) is 24.3 Å². The average Bonchev–Trinajstić information content (AvgIpc) is 2.67. The van der Waals surface area contributed by atoms with Gasteiger partial charge in [0.15, 0.2) is 0 Å². The summed E-state index contributed by atoms with van der Waals surface area (Å²) in [6.45, 7) is 1.29. The van der Waals surface area contributed by atoms with Crippen molar-refractivity contribution in [1.82, 2.24) is 5.32 Å². The van der Waals surface area contributed by atoms with Crippen molar-refractivity contribution in [2.75, 3.05) is 19.0 Å². The van der Waals surface area contributed by atoms with Crippen LogP contribution in [-0.4, -0.2) is 41.1 Å². The second-order valence-electron chi connectivity index (χ2n) is 6.58. The predicted octanol–water partition coefficient (Wildman–Crippen LogP) is 1.79. The quantitative estimate of drug-likeness (QED) is 0.366. The highest BCUT2D eigenvalue weighted by atomic mass is 19.1. The normalized spacial score (nSPS) is 12.6. The number of anilines is 1. The number of halogens is 1. The number of nitrogens with zero attached hydrogens (tertiary/aromatic N) is 1. The Labute approximate surface area is 165 Å². The molecule has 1 unspecified atom stereocenters. The Morgan fingerprint density at radius 2 is 1.86 bits per heavy atom. The summed E-state index contributed by atoms with van der Waals surface area (Å²) in [4.78, 5) is 33.7. The second-order valence-corrected chi connectivity index (χ2v) is 6.58. The van der Waals surface area contributed by atoms with Crippen LogP contribution in [0.15, 0.2) is 42.5 Å². The third kappa shape index (κ3) is 6.25. The molecule has 154 valence electrons. The van der Waals surface area contributed by atoms with Gasteiger partial charge in [-0.2, -0.15) is 4.39 Å². The molecule has 2 amide bonds. The van der Waals surface area contributed by atoms with Crippen LogP contribution in [-0.2, 0) is 16.0 Å². The van der Waals surface area contributed by atoms with E-state index in [-0.39, 0.29) is 18.7 Å². The molecule has 2 aromatic rings. The Morgan fingerprint density at radius 3 is 2.45 bits per heavy atom. The number of nitrogens with one attached hydrogen (secondary N) is 2. The van der Waals surface area contributed by atoms with Crippen LogP contribution >= 0.6 is 0 Å². The van der Waals surface area contributed by atoms with Crippen molar-refractivity contribution in [3.63, 3.8) is 0 Å². The molecule has 0 saturated heterocycles. The second kappa shape index (κ2) is 9.11. The minimum Gasteiger partial charge on any atom is -0.497 e. The molecular formula is C19H20FN3O6. The number of methoxy groups -OCH3 is 1. The molecule has 0 aliphatic carbocycles. The number of rotatable bonds is 7. The first kappa shape index (κ1) is 21.8. The van der Waals surface area contributed by atoms with Gasteiger partial charge in [-0.3, -0.25) is 19.7 Å². The fourth-order valence-corrected chi connectivity index (χ4v) is 2.51. The van der Waals surface area contributed by atoms with Gasteiger partial charge in [-0.1, -0.05) is 12.1 Å². The maximum atomic E-state index is 13.3. The van der Waals surface area contributed by atoms with Crippen molar-refractivity contribution in [3.8, 4) is 5.75 Å². The molecule has 0 saturated carbocycles. The van der Waals surface area contributed by atoms with Crippen molar-refractivity contribution in [2.45, 2.75) is 18.9 Å². The van der Waals surface area contributed by atoms with Gasteiger partial charge in [0.25, 0.3) is 0 Å². The summed E-state index contributed by atoms with van der Waals surface area (Å²) in [5, 5.41) is 25.6. The molecule has 0 aliphatic rings. The third-order valence-electron chi connectivity index (χ3n) is 3.98. The van der Waals surface area contributed by atoms with E-state index < -0.39 is 33.8 Å². The van der Waals surface area contributed by atoms with Gasteiger partial charge in [0, 0.05) is 24.7 Å². The monoisotopic (exact) mass is 405 g/mol. The minimum absolute atomic E-state index is 0.108. The van der Waals surface area contributed by atoms with E-state index in [4.69, 9.17) is 4.74 Å². The summed E-state index contributed by atoms with van der Waals surface area (Å²) in [5.41, 5.74) is -1.47. The number of hydrogen-bond acceptors (Lipinski definition) is 6. The van der Waals surface area contributed by atoms with E-state index in [1.807, 2.05) is 0 Å². The van der Waals surface area contributed by atoms with Gasteiger partial charge in [-0.25, -0.2) is 0 Å². The molecule has 0 bridgehead atoms. The molecule has 0 aromatic heterocycles. The standard InChI is InChI=1S/C19H20FN3O6/c1-19(26,10-12-3-6-14(29-2)7-4-12)11-21-17(24)18(25)22-13-5-8-15(20)16(9-13)23(27)28/h3-9,26H,10-11H2,1-2H3,(H,21,24)(H,22,25). The number of nitro groups is 1. The van der Waals surface area contributed by atoms with Gasteiger partial charge < -0.3 is 20.5 Å². The van der Waals surface area contributed by atoms with E-state index >= 15 is 0 Å². The molecular weight excluding hydrogens is 385 g/mol. The van der Waals surface area contributed by atoms with Gasteiger partial charge >= 0.3 is 17.5 Å². The lowest BCUT2D eigenvalue weighted by Gasteiger charge is -2.23. The van der Waals surface area contributed by atoms with E-state index in [0.717, 1.165) is 23.8 Å². The Bertz CT molecular complexity index is 915.